The van der Waals surface area contributed by atoms with Gasteiger partial charge in [0.25, 0.3) is 0 Å². The van der Waals surface area contributed by atoms with Crippen molar-refractivity contribution < 1.29 is 0 Å². The van der Waals surface area contributed by atoms with Crippen molar-refractivity contribution in [2.75, 3.05) is 38.1 Å². The molecule has 1 aliphatic heterocycles. The number of nitrogens with zero attached hydrogens (tertiary/aromatic N) is 2. The molecule has 0 aromatic heterocycles. The van der Waals surface area contributed by atoms with Crippen LogP contribution in [0.5, 0.6) is 0 Å². The molecule has 1 heterocycles. The minimum atomic E-state index is 0.177. The Labute approximate surface area is 134 Å². The summed E-state index contributed by atoms with van der Waals surface area (Å²) in [7, 11) is 2.16. The third-order valence-corrected chi connectivity index (χ3v) is 4.80. The lowest BCUT2D eigenvalue weighted by Crippen LogP contribution is -2.32. The van der Waals surface area contributed by atoms with Gasteiger partial charge in [0.2, 0.25) is 0 Å². The summed E-state index contributed by atoms with van der Waals surface area (Å²) in [4.78, 5) is 4.86. The second-order valence-corrected chi connectivity index (χ2v) is 6.49. The molecule has 1 atom stereocenters. The van der Waals surface area contributed by atoms with Crippen LogP contribution in [0.25, 0.3) is 0 Å². The van der Waals surface area contributed by atoms with Gasteiger partial charge in [-0.15, -0.1) is 0 Å². The van der Waals surface area contributed by atoms with Crippen LogP contribution in [0.4, 0.5) is 5.69 Å². The fraction of sp³-hybridized carbons (Fsp3) is 0.647. The zero-order valence-electron chi connectivity index (χ0n) is 13.3. The SMILES string of the molecule is CCC(N)Cc1c(Cl)cccc1N(C)CCN1CCCC1. The lowest BCUT2D eigenvalue weighted by Gasteiger charge is -2.26. The van der Waals surface area contributed by atoms with Crippen LogP contribution in [-0.4, -0.2) is 44.2 Å². The van der Waals surface area contributed by atoms with Crippen molar-refractivity contribution in [3.05, 3.63) is 28.8 Å². The van der Waals surface area contributed by atoms with E-state index in [0.29, 0.717) is 0 Å². The molecule has 0 saturated carbocycles. The summed E-state index contributed by atoms with van der Waals surface area (Å²) < 4.78 is 0. The standard InChI is InChI=1S/C17H28ClN3/c1-3-14(19)13-15-16(18)7-6-8-17(15)20(2)11-12-21-9-4-5-10-21/h6-8,14H,3-5,9-13,19H2,1-2H3. The molecule has 1 aliphatic rings. The number of nitrogens with two attached hydrogens (primary N) is 1. The van der Waals surface area contributed by atoms with Gasteiger partial charge >= 0.3 is 0 Å². The van der Waals surface area contributed by atoms with Crippen molar-refractivity contribution >= 4 is 17.3 Å². The lowest BCUT2D eigenvalue weighted by molar-refractivity contribution is 0.346. The van der Waals surface area contributed by atoms with E-state index in [-0.39, 0.29) is 6.04 Å². The van der Waals surface area contributed by atoms with Crippen LogP contribution in [-0.2, 0) is 6.42 Å². The predicted octanol–water partition coefficient (Wildman–Crippen LogP) is 3.15. The highest BCUT2D eigenvalue weighted by Gasteiger charge is 2.16. The number of likely N-dealkylation sites (N-methyl/N-ethyl adjacent to an activating group) is 1. The molecule has 1 unspecified atom stereocenters. The van der Waals surface area contributed by atoms with Crippen molar-refractivity contribution in [1.29, 1.82) is 0 Å². The highest BCUT2D eigenvalue weighted by Crippen LogP contribution is 2.28. The number of halogens is 1. The highest BCUT2D eigenvalue weighted by molar-refractivity contribution is 6.31. The molecular formula is C17H28ClN3. The van der Waals surface area contributed by atoms with Crippen LogP contribution in [0.3, 0.4) is 0 Å². The molecule has 1 aromatic rings. The average Bonchev–Trinajstić information content (AvgIpc) is 3.00. The van der Waals surface area contributed by atoms with Crippen molar-refractivity contribution in [3.63, 3.8) is 0 Å². The van der Waals surface area contributed by atoms with Gasteiger partial charge in [-0.25, -0.2) is 0 Å². The number of anilines is 1. The molecular weight excluding hydrogens is 282 g/mol. The van der Waals surface area contributed by atoms with Crippen LogP contribution in [0.1, 0.15) is 31.7 Å². The van der Waals surface area contributed by atoms with Crippen molar-refractivity contribution in [1.82, 2.24) is 4.90 Å². The van der Waals surface area contributed by atoms with Crippen LogP contribution < -0.4 is 10.6 Å². The summed E-state index contributed by atoms with van der Waals surface area (Å²) in [5.74, 6) is 0. The molecule has 4 heteroatoms. The first-order chi connectivity index (χ1) is 10.1. The van der Waals surface area contributed by atoms with Crippen molar-refractivity contribution in [2.45, 2.75) is 38.6 Å². The van der Waals surface area contributed by atoms with E-state index in [2.05, 4.69) is 29.8 Å². The summed E-state index contributed by atoms with van der Waals surface area (Å²) in [6, 6.07) is 6.34. The third kappa shape index (κ3) is 4.60. The number of hydrogen-bond acceptors (Lipinski definition) is 3. The second kappa shape index (κ2) is 8.02. The van der Waals surface area contributed by atoms with E-state index in [1.54, 1.807) is 0 Å². The zero-order valence-corrected chi connectivity index (χ0v) is 14.1. The Hall–Kier alpha value is -0.770. The quantitative estimate of drug-likeness (QED) is 0.840. The first-order valence-corrected chi connectivity index (χ1v) is 8.46. The summed E-state index contributed by atoms with van der Waals surface area (Å²) in [5, 5.41) is 0.837. The molecule has 2 N–H and O–H groups in total. The average molecular weight is 310 g/mol. The molecule has 1 fully saturated rings. The Bertz CT molecular complexity index is 444. The Morgan fingerprint density at radius 1 is 1.33 bits per heavy atom. The van der Waals surface area contributed by atoms with Crippen LogP contribution in [0.15, 0.2) is 18.2 Å². The van der Waals surface area contributed by atoms with E-state index < -0.39 is 0 Å². The molecule has 0 radical (unpaired) electrons. The van der Waals surface area contributed by atoms with Gasteiger partial charge in [0.15, 0.2) is 0 Å². The first-order valence-electron chi connectivity index (χ1n) is 8.08. The molecule has 1 aromatic carbocycles. The van der Waals surface area contributed by atoms with Gasteiger partial charge < -0.3 is 15.5 Å². The Kier molecular flexibility index (Phi) is 6.34. The normalized spacial score (nSPS) is 17.1. The molecule has 1 saturated heterocycles. The molecule has 0 amide bonds. The van der Waals surface area contributed by atoms with Gasteiger partial charge in [-0.2, -0.15) is 0 Å². The van der Waals surface area contributed by atoms with E-state index in [1.165, 1.54) is 37.2 Å². The molecule has 0 bridgehead atoms. The summed E-state index contributed by atoms with van der Waals surface area (Å²) in [5.41, 5.74) is 8.55. The Morgan fingerprint density at radius 2 is 2.05 bits per heavy atom. The van der Waals surface area contributed by atoms with Crippen molar-refractivity contribution in [3.8, 4) is 0 Å². The molecule has 0 aliphatic carbocycles. The lowest BCUT2D eigenvalue weighted by atomic mass is 10.0. The maximum atomic E-state index is 6.41. The van der Waals surface area contributed by atoms with Crippen LogP contribution in [0, 0.1) is 0 Å². The van der Waals surface area contributed by atoms with E-state index in [0.717, 1.165) is 31.0 Å². The monoisotopic (exact) mass is 309 g/mol. The predicted molar refractivity (Wildman–Crippen MR) is 92.4 cm³/mol. The second-order valence-electron chi connectivity index (χ2n) is 6.08. The maximum absolute atomic E-state index is 6.41. The summed E-state index contributed by atoms with van der Waals surface area (Å²) >= 11 is 6.41. The van der Waals surface area contributed by atoms with Gasteiger partial charge in [-0.3, -0.25) is 0 Å². The molecule has 118 valence electrons. The number of hydrogen-bond donors (Lipinski definition) is 1. The fourth-order valence-corrected chi connectivity index (χ4v) is 3.18. The Balaban J connectivity index is 2.04. The van der Waals surface area contributed by atoms with E-state index in [9.17, 15) is 0 Å². The van der Waals surface area contributed by atoms with Crippen molar-refractivity contribution in [2.24, 2.45) is 5.73 Å². The topological polar surface area (TPSA) is 32.5 Å². The van der Waals surface area contributed by atoms with Gasteiger partial charge in [-0.05, 0) is 56.5 Å². The molecule has 3 nitrogen and oxygen atoms in total. The maximum Gasteiger partial charge on any atom is 0.0459 e. The molecule has 21 heavy (non-hydrogen) atoms. The minimum absolute atomic E-state index is 0.177. The van der Waals surface area contributed by atoms with E-state index >= 15 is 0 Å². The van der Waals surface area contributed by atoms with Gasteiger partial charge in [0.1, 0.15) is 0 Å². The smallest absolute Gasteiger partial charge is 0.0459 e. The highest BCUT2D eigenvalue weighted by atomic mass is 35.5. The number of likely N-dealkylation sites (tertiary alicyclic amines) is 1. The molecule has 0 spiro atoms. The first kappa shape index (κ1) is 16.6. The summed E-state index contributed by atoms with van der Waals surface area (Å²) in [6.07, 6.45) is 4.51. The number of benzene rings is 1. The molecule has 2 rings (SSSR count). The number of rotatable bonds is 7. The zero-order chi connectivity index (χ0) is 15.2. The Morgan fingerprint density at radius 3 is 2.71 bits per heavy atom. The minimum Gasteiger partial charge on any atom is -0.373 e. The van der Waals surface area contributed by atoms with Crippen LogP contribution in [0.2, 0.25) is 5.02 Å². The van der Waals surface area contributed by atoms with Crippen LogP contribution >= 0.6 is 11.6 Å². The largest absolute Gasteiger partial charge is 0.373 e. The van der Waals surface area contributed by atoms with E-state index in [1.807, 2.05) is 12.1 Å². The van der Waals surface area contributed by atoms with Gasteiger partial charge in [0.05, 0.1) is 0 Å². The van der Waals surface area contributed by atoms with Gasteiger partial charge in [0, 0.05) is 36.9 Å². The fourth-order valence-electron chi connectivity index (χ4n) is 2.93. The van der Waals surface area contributed by atoms with E-state index in [4.69, 9.17) is 17.3 Å². The van der Waals surface area contributed by atoms with Gasteiger partial charge in [-0.1, -0.05) is 24.6 Å². The third-order valence-electron chi connectivity index (χ3n) is 4.45. The summed E-state index contributed by atoms with van der Waals surface area (Å²) in [6.45, 7) is 6.78.